The highest BCUT2D eigenvalue weighted by atomic mass is 35.5. The number of fused-ring (bicyclic) bond motifs is 1. The average molecular weight is 328 g/mol. The van der Waals surface area contributed by atoms with Gasteiger partial charge < -0.3 is 4.74 Å². The van der Waals surface area contributed by atoms with Gasteiger partial charge in [0.1, 0.15) is 5.75 Å². The number of benzene rings is 2. The highest BCUT2D eigenvalue weighted by Gasteiger charge is 2.19. The first kappa shape index (κ1) is 15.3. The molecule has 4 nitrogen and oxygen atoms in total. The van der Waals surface area contributed by atoms with E-state index in [-0.39, 0.29) is 5.91 Å². The van der Waals surface area contributed by atoms with Gasteiger partial charge in [-0.2, -0.15) is 0 Å². The lowest BCUT2D eigenvalue weighted by atomic mass is 10.1. The molecule has 0 atom stereocenters. The van der Waals surface area contributed by atoms with Crippen LogP contribution < -0.4 is 4.74 Å². The lowest BCUT2D eigenvalue weighted by molar-refractivity contribution is 0.0963. The van der Waals surface area contributed by atoms with Crippen LogP contribution in [0, 0.1) is 6.92 Å². The molecule has 5 heteroatoms. The second kappa shape index (κ2) is 5.89. The number of methoxy groups -OCH3 is 1. The molecule has 0 aliphatic rings. The molecule has 0 aliphatic heterocycles. The van der Waals surface area contributed by atoms with Crippen molar-refractivity contribution in [2.45, 2.75) is 6.92 Å². The number of aldehydes is 1. The Morgan fingerprint density at radius 2 is 1.96 bits per heavy atom. The number of carbonyl (C=O) groups is 2. The van der Waals surface area contributed by atoms with Crippen LogP contribution >= 0.6 is 11.6 Å². The molecule has 1 heterocycles. The molecular formula is C18H14ClNO3. The van der Waals surface area contributed by atoms with Crippen molar-refractivity contribution in [3.63, 3.8) is 0 Å². The van der Waals surface area contributed by atoms with Crippen LogP contribution in [0.5, 0.6) is 5.75 Å². The number of halogens is 1. The summed E-state index contributed by atoms with van der Waals surface area (Å²) in [6, 6.07) is 12.2. The van der Waals surface area contributed by atoms with Gasteiger partial charge in [-0.15, -0.1) is 0 Å². The van der Waals surface area contributed by atoms with Gasteiger partial charge in [0.2, 0.25) is 0 Å². The second-order valence-electron chi connectivity index (χ2n) is 5.12. The standard InChI is InChI=1S/C18H14ClNO3/c1-11-14(10-21)13-5-3-4-6-16(13)20(11)18(22)12-7-8-17(23-2)15(19)9-12/h3-10H,1-2H3. The van der Waals surface area contributed by atoms with Gasteiger partial charge in [-0.3, -0.25) is 14.2 Å². The fourth-order valence-corrected chi connectivity index (χ4v) is 2.99. The van der Waals surface area contributed by atoms with Crippen LogP contribution in [-0.2, 0) is 0 Å². The van der Waals surface area contributed by atoms with Crippen LogP contribution in [0.25, 0.3) is 10.9 Å². The Hall–Kier alpha value is -2.59. The molecule has 0 aliphatic carbocycles. The lowest BCUT2D eigenvalue weighted by Gasteiger charge is -2.09. The van der Waals surface area contributed by atoms with Gasteiger partial charge in [0, 0.05) is 22.2 Å². The van der Waals surface area contributed by atoms with E-state index in [2.05, 4.69) is 0 Å². The third kappa shape index (κ3) is 2.41. The van der Waals surface area contributed by atoms with Crippen LogP contribution in [0.2, 0.25) is 5.02 Å². The van der Waals surface area contributed by atoms with E-state index in [1.807, 2.05) is 24.3 Å². The second-order valence-corrected chi connectivity index (χ2v) is 5.53. The average Bonchev–Trinajstić information content (AvgIpc) is 2.85. The Morgan fingerprint density at radius 3 is 2.61 bits per heavy atom. The molecule has 0 saturated heterocycles. The molecule has 0 saturated carbocycles. The minimum absolute atomic E-state index is 0.239. The number of nitrogens with zero attached hydrogens (tertiary/aromatic N) is 1. The zero-order chi connectivity index (χ0) is 16.6. The molecule has 3 aromatic rings. The smallest absolute Gasteiger partial charge is 0.262 e. The van der Waals surface area contributed by atoms with Gasteiger partial charge in [0.25, 0.3) is 5.91 Å². The number of hydrogen-bond acceptors (Lipinski definition) is 3. The van der Waals surface area contributed by atoms with Gasteiger partial charge in [-0.05, 0) is 31.2 Å². The highest BCUT2D eigenvalue weighted by Crippen LogP contribution is 2.28. The topological polar surface area (TPSA) is 48.3 Å². The van der Waals surface area contributed by atoms with E-state index >= 15 is 0 Å². The van der Waals surface area contributed by atoms with Crippen LogP contribution in [0.15, 0.2) is 42.5 Å². The van der Waals surface area contributed by atoms with Gasteiger partial charge in [0.15, 0.2) is 6.29 Å². The molecule has 1 aromatic heterocycles. The van der Waals surface area contributed by atoms with Crippen molar-refractivity contribution in [2.24, 2.45) is 0 Å². The molecule has 2 aromatic carbocycles. The fourth-order valence-electron chi connectivity index (χ4n) is 2.73. The molecular weight excluding hydrogens is 314 g/mol. The summed E-state index contributed by atoms with van der Waals surface area (Å²) in [6.07, 6.45) is 0.780. The molecule has 0 unspecified atom stereocenters. The lowest BCUT2D eigenvalue weighted by Crippen LogP contribution is -2.13. The fraction of sp³-hybridized carbons (Fsp3) is 0.111. The summed E-state index contributed by atoms with van der Waals surface area (Å²) in [7, 11) is 1.52. The molecule has 0 N–H and O–H groups in total. The summed E-state index contributed by atoms with van der Waals surface area (Å²) < 4.78 is 6.64. The Balaban J connectivity index is 2.20. The van der Waals surface area contributed by atoms with Crippen LogP contribution in [-0.4, -0.2) is 23.9 Å². The predicted octanol–water partition coefficient (Wildman–Crippen LogP) is 4.11. The summed E-state index contributed by atoms with van der Waals surface area (Å²) >= 11 is 6.11. The van der Waals surface area contributed by atoms with Crippen molar-refractivity contribution in [1.82, 2.24) is 4.57 Å². The first-order valence-corrected chi connectivity index (χ1v) is 7.39. The number of ether oxygens (including phenoxy) is 1. The third-order valence-corrected chi connectivity index (χ3v) is 4.18. The highest BCUT2D eigenvalue weighted by molar-refractivity contribution is 6.32. The van der Waals surface area contributed by atoms with Crippen molar-refractivity contribution in [2.75, 3.05) is 7.11 Å². The van der Waals surface area contributed by atoms with Crippen molar-refractivity contribution >= 4 is 34.7 Å². The van der Waals surface area contributed by atoms with E-state index in [1.54, 1.807) is 25.1 Å². The monoisotopic (exact) mass is 327 g/mol. The van der Waals surface area contributed by atoms with Crippen LogP contribution in [0.4, 0.5) is 0 Å². The minimum atomic E-state index is -0.239. The van der Waals surface area contributed by atoms with Crippen molar-refractivity contribution in [1.29, 1.82) is 0 Å². The van der Waals surface area contributed by atoms with Gasteiger partial charge >= 0.3 is 0 Å². The van der Waals surface area contributed by atoms with Crippen LogP contribution in [0.1, 0.15) is 26.4 Å². The zero-order valence-corrected chi connectivity index (χ0v) is 13.4. The van der Waals surface area contributed by atoms with Crippen molar-refractivity contribution in [3.05, 3.63) is 64.3 Å². The molecule has 0 bridgehead atoms. The van der Waals surface area contributed by atoms with Crippen LogP contribution in [0.3, 0.4) is 0 Å². The van der Waals surface area contributed by atoms with Gasteiger partial charge in [-0.25, -0.2) is 0 Å². The molecule has 0 fully saturated rings. The number of para-hydroxylation sites is 1. The number of carbonyl (C=O) groups excluding carboxylic acids is 2. The third-order valence-electron chi connectivity index (χ3n) is 3.88. The summed E-state index contributed by atoms with van der Waals surface area (Å²) in [5.74, 6) is 0.266. The normalized spacial score (nSPS) is 10.7. The molecule has 23 heavy (non-hydrogen) atoms. The molecule has 0 spiro atoms. The summed E-state index contributed by atoms with van der Waals surface area (Å²) in [6.45, 7) is 1.76. The van der Waals surface area contributed by atoms with E-state index in [1.165, 1.54) is 11.7 Å². The Kier molecular flexibility index (Phi) is 3.92. The minimum Gasteiger partial charge on any atom is -0.495 e. The first-order chi connectivity index (χ1) is 11.1. The number of hydrogen-bond donors (Lipinski definition) is 0. The van der Waals surface area contributed by atoms with Gasteiger partial charge in [0.05, 0.1) is 17.6 Å². The van der Waals surface area contributed by atoms with E-state index in [9.17, 15) is 9.59 Å². The van der Waals surface area contributed by atoms with Crippen molar-refractivity contribution in [3.8, 4) is 5.75 Å². The van der Waals surface area contributed by atoms with E-state index in [4.69, 9.17) is 16.3 Å². The summed E-state index contributed by atoms with van der Waals surface area (Å²) in [5, 5.41) is 1.12. The Labute approximate surface area is 138 Å². The van der Waals surface area contributed by atoms with Crippen molar-refractivity contribution < 1.29 is 14.3 Å². The Bertz CT molecular complexity index is 927. The van der Waals surface area contributed by atoms with E-state index in [0.29, 0.717) is 33.1 Å². The summed E-state index contributed by atoms with van der Waals surface area (Å²) in [5.41, 5.74) is 2.26. The first-order valence-electron chi connectivity index (χ1n) is 7.02. The predicted molar refractivity (Wildman–Crippen MR) is 89.8 cm³/mol. The molecule has 0 radical (unpaired) electrons. The quantitative estimate of drug-likeness (QED) is 0.680. The van der Waals surface area contributed by atoms with E-state index in [0.717, 1.165) is 11.7 Å². The number of rotatable bonds is 3. The maximum absolute atomic E-state index is 12.9. The molecule has 3 rings (SSSR count). The zero-order valence-electron chi connectivity index (χ0n) is 12.7. The molecule has 116 valence electrons. The Morgan fingerprint density at radius 1 is 1.22 bits per heavy atom. The maximum atomic E-state index is 12.9. The van der Waals surface area contributed by atoms with Gasteiger partial charge in [-0.1, -0.05) is 29.8 Å². The molecule has 0 amide bonds. The van der Waals surface area contributed by atoms with E-state index < -0.39 is 0 Å². The SMILES string of the molecule is COc1ccc(C(=O)n2c(C)c(C=O)c3ccccc32)cc1Cl. The number of aromatic nitrogens is 1. The maximum Gasteiger partial charge on any atom is 0.262 e. The summed E-state index contributed by atoms with van der Waals surface area (Å²) in [4.78, 5) is 24.3. The largest absolute Gasteiger partial charge is 0.495 e.